The maximum absolute atomic E-state index is 12.1. The lowest BCUT2D eigenvalue weighted by atomic mass is 9.84. The van der Waals surface area contributed by atoms with Gasteiger partial charge in [-0.1, -0.05) is 20.8 Å². The number of hydrogen-bond acceptors (Lipinski definition) is 3. The summed E-state index contributed by atoms with van der Waals surface area (Å²) in [6.45, 7) is 6.57. The normalized spacial score (nSPS) is 20.2. The van der Waals surface area contributed by atoms with Crippen LogP contribution in [0, 0.1) is 5.41 Å². The molecule has 1 unspecified atom stereocenters. The summed E-state index contributed by atoms with van der Waals surface area (Å²) in [5.74, 6) is -0.0891. The van der Waals surface area contributed by atoms with Crippen LogP contribution in [-0.4, -0.2) is 45.6 Å². The Kier molecular flexibility index (Phi) is 3.83. The number of hydrogen-bond donors (Lipinski definition) is 1. The van der Waals surface area contributed by atoms with Crippen molar-refractivity contribution in [1.29, 1.82) is 0 Å². The number of nitrogens with one attached hydrogen (secondary N) is 1. The van der Waals surface area contributed by atoms with Crippen LogP contribution in [0.4, 0.5) is 0 Å². The Morgan fingerprint density at radius 2 is 2.10 bits per heavy atom. The van der Waals surface area contributed by atoms with Crippen molar-refractivity contribution < 1.29 is 9.59 Å². The summed E-state index contributed by atoms with van der Waals surface area (Å²) in [5, 5.41) is 6.79. The lowest BCUT2D eigenvalue weighted by Crippen LogP contribution is -2.63. The highest BCUT2D eigenvalue weighted by molar-refractivity contribution is 5.95. The number of nitrogens with zero attached hydrogens (tertiary/aromatic N) is 3. The SMILES string of the molecule is Cn1nccc1CCN1C(=O)CNC(=O)C1C(C)(C)C. The first-order chi connectivity index (χ1) is 9.30. The molecule has 6 nitrogen and oxygen atoms in total. The minimum atomic E-state index is -0.419. The third-order valence-electron chi connectivity index (χ3n) is 3.65. The van der Waals surface area contributed by atoms with Gasteiger partial charge in [0.25, 0.3) is 0 Å². The number of carbonyl (C=O) groups is 2. The van der Waals surface area contributed by atoms with Gasteiger partial charge in [-0.3, -0.25) is 14.3 Å². The molecule has 20 heavy (non-hydrogen) atoms. The highest BCUT2D eigenvalue weighted by atomic mass is 16.2. The van der Waals surface area contributed by atoms with Gasteiger partial charge in [0, 0.05) is 31.9 Å². The first-order valence-corrected chi connectivity index (χ1v) is 6.85. The van der Waals surface area contributed by atoms with Gasteiger partial charge in [0.1, 0.15) is 6.04 Å². The highest BCUT2D eigenvalue weighted by Gasteiger charge is 2.41. The van der Waals surface area contributed by atoms with Crippen LogP contribution >= 0.6 is 0 Å². The Bertz CT molecular complexity index is 515. The smallest absolute Gasteiger partial charge is 0.243 e. The molecule has 0 bridgehead atoms. The Morgan fingerprint density at radius 3 is 2.65 bits per heavy atom. The second-order valence-electron chi connectivity index (χ2n) is 6.27. The molecule has 2 amide bonds. The van der Waals surface area contributed by atoms with Gasteiger partial charge in [0.2, 0.25) is 11.8 Å². The molecule has 0 saturated carbocycles. The van der Waals surface area contributed by atoms with E-state index in [2.05, 4.69) is 10.4 Å². The van der Waals surface area contributed by atoms with Crippen LogP contribution in [-0.2, 0) is 23.1 Å². The van der Waals surface area contributed by atoms with E-state index in [0.29, 0.717) is 13.0 Å². The molecule has 1 saturated heterocycles. The van der Waals surface area contributed by atoms with Crippen LogP contribution in [0.2, 0.25) is 0 Å². The van der Waals surface area contributed by atoms with E-state index in [1.807, 2.05) is 33.9 Å². The van der Waals surface area contributed by atoms with Gasteiger partial charge in [0.15, 0.2) is 0 Å². The molecule has 1 N–H and O–H groups in total. The third kappa shape index (κ3) is 2.84. The zero-order valence-corrected chi connectivity index (χ0v) is 12.5. The Hall–Kier alpha value is -1.85. The fraction of sp³-hybridized carbons (Fsp3) is 0.643. The Balaban J connectivity index is 2.15. The zero-order chi connectivity index (χ0) is 14.9. The van der Waals surface area contributed by atoms with E-state index in [4.69, 9.17) is 0 Å². The largest absolute Gasteiger partial charge is 0.345 e. The summed E-state index contributed by atoms with van der Waals surface area (Å²) in [6.07, 6.45) is 2.43. The van der Waals surface area contributed by atoms with Crippen LogP contribution < -0.4 is 5.32 Å². The van der Waals surface area contributed by atoms with Crippen LogP contribution in [0.5, 0.6) is 0 Å². The van der Waals surface area contributed by atoms with Gasteiger partial charge in [-0.05, 0) is 11.5 Å². The van der Waals surface area contributed by atoms with Crippen molar-refractivity contribution in [3.63, 3.8) is 0 Å². The summed E-state index contributed by atoms with van der Waals surface area (Å²) in [4.78, 5) is 25.9. The predicted octanol–water partition coefficient (Wildman–Crippen LogP) is 0.336. The van der Waals surface area contributed by atoms with Gasteiger partial charge in [0.05, 0.1) is 6.54 Å². The number of rotatable bonds is 3. The number of piperazine rings is 1. The van der Waals surface area contributed by atoms with Gasteiger partial charge in [-0.25, -0.2) is 0 Å². The number of carbonyl (C=O) groups excluding carboxylic acids is 2. The summed E-state index contributed by atoms with van der Waals surface area (Å²) in [5.41, 5.74) is 0.767. The van der Waals surface area contributed by atoms with E-state index >= 15 is 0 Å². The maximum Gasteiger partial charge on any atom is 0.243 e. The molecule has 1 aromatic rings. The quantitative estimate of drug-likeness (QED) is 0.866. The Morgan fingerprint density at radius 1 is 1.40 bits per heavy atom. The molecule has 1 atom stereocenters. The minimum absolute atomic E-state index is 0.0216. The van der Waals surface area contributed by atoms with Gasteiger partial charge >= 0.3 is 0 Å². The number of amides is 2. The minimum Gasteiger partial charge on any atom is -0.345 e. The lowest BCUT2D eigenvalue weighted by Gasteiger charge is -2.42. The molecular weight excluding hydrogens is 256 g/mol. The third-order valence-corrected chi connectivity index (χ3v) is 3.65. The number of aromatic nitrogens is 2. The van der Waals surface area contributed by atoms with Crippen molar-refractivity contribution >= 4 is 11.8 Å². The van der Waals surface area contributed by atoms with Crippen molar-refractivity contribution in [2.75, 3.05) is 13.1 Å². The molecule has 2 rings (SSSR count). The van der Waals surface area contributed by atoms with Gasteiger partial charge in [-0.15, -0.1) is 0 Å². The average Bonchev–Trinajstić information content (AvgIpc) is 2.74. The highest BCUT2D eigenvalue weighted by Crippen LogP contribution is 2.26. The van der Waals surface area contributed by atoms with Crippen LogP contribution in [0.1, 0.15) is 26.5 Å². The van der Waals surface area contributed by atoms with Gasteiger partial charge < -0.3 is 10.2 Å². The fourth-order valence-corrected chi connectivity index (χ4v) is 2.64. The molecule has 0 radical (unpaired) electrons. The molecule has 1 aromatic heterocycles. The second kappa shape index (κ2) is 5.26. The van der Waals surface area contributed by atoms with E-state index in [1.165, 1.54) is 0 Å². The van der Waals surface area contributed by atoms with E-state index in [-0.39, 0.29) is 23.8 Å². The van der Waals surface area contributed by atoms with Crippen LogP contribution in [0.25, 0.3) is 0 Å². The van der Waals surface area contributed by atoms with Gasteiger partial charge in [-0.2, -0.15) is 5.10 Å². The fourth-order valence-electron chi connectivity index (χ4n) is 2.64. The van der Waals surface area contributed by atoms with Crippen molar-refractivity contribution in [2.24, 2.45) is 12.5 Å². The van der Waals surface area contributed by atoms with Crippen molar-refractivity contribution in [3.05, 3.63) is 18.0 Å². The topological polar surface area (TPSA) is 67.2 Å². The molecule has 1 aliphatic rings. The van der Waals surface area contributed by atoms with Crippen LogP contribution in [0.3, 0.4) is 0 Å². The maximum atomic E-state index is 12.1. The number of aryl methyl sites for hydroxylation is 1. The van der Waals surface area contributed by atoms with Crippen LogP contribution in [0.15, 0.2) is 12.3 Å². The molecule has 0 spiro atoms. The molecule has 0 aliphatic carbocycles. The van der Waals surface area contributed by atoms with E-state index < -0.39 is 6.04 Å². The molecule has 6 heteroatoms. The van der Waals surface area contributed by atoms with E-state index in [9.17, 15) is 9.59 Å². The molecule has 110 valence electrons. The zero-order valence-electron chi connectivity index (χ0n) is 12.5. The summed E-state index contributed by atoms with van der Waals surface area (Å²) in [7, 11) is 1.88. The van der Waals surface area contributed by atoms with Crippen molar-refractivity contribution in [3.8, 4) is 0 Å². The molecular formula is C14H22N4O2. The second-order valence-corrected chi connectivity index (χ2v) is 6.27. The molecule has 1 aliphatic heterocycles. The average molecular weight is 278 g/mol. The monoisotopic (exact) mass is 278 g/mol. The van der Waals surface area contributed by atoms with E-state index in [1.54, 1.807) is 15.8 Å². The summed E-state index contributed by atoms with van der Waals surface area (Å²) >= 11 is 0. The lowest BCUT2D eigenvalue weighted by molar-refractivity contribution is -0.149. The summed E-state index contributed by atoms with van der Waals surface area (Å²) in [6, 6.07) is 1.51. The first kappa shape index (κ1) is 14.6. The first-order valence-electron chi connectivity index (χ1n) is 6.85. The van der Waals surface area contributed by atoms with E-state index in [0.717, 1.165) is 5.69 Å². The van der Waals surface area contributed by atoms with Crippen molar-refractivity contribution in [1.82, 2.24) is 20.0 Å². The molecule has 1 fully saturated rings. The predicted molar refractivity (Wildman–Crippen MR) is 74.9 cm³/mol. The Labute approximate surface area is 119 Å². The summed E-state index contributed by atoms with van der Waals surface area (Å²) < 4.78 is 1.79. The molecule has 2 heterocycles. The molecule has 0 aromatic carbocycles. The van der Waals surface area contributed by atoms with Crippen molar-refractivity contribution in [2.45, 2.75) is 33.2 Å². The standard InChI is InChI=1S/C14H22N4O2/c1-14(2,3)12-13(20)15-9-11(19)18(12)8-6-10-5-7-16-17(10)4/h5,7,12H,6,8-9H2,1-4H3,(H,15,20).